The minimum Gasteiger partial charge on any atom is -0.123 e. The van der Waals surface area contributed by atoms with Crippen LogP contribution in [0, 0.1) is 11.8 Å². The van der Waals surface area contributed by atoms with Gasteiger partial charge in [-0.2, -0.15) is 0 Å². The molecular formula is C17H25Cl. The molecule has 0 aromatic heterocycles. The average molecular weight is 265 g/mol. The van der Waals surface area contributed by atoms with Crippen LogP contribution in [-0.4, -0.2) is 5.38 Å². The first-order valence-electron chi connectivity index (χ1n) is 7.44. The molecule has 1 aromatic carbocycles. The van der Waals surface area contributed by atoms with Crippen LogP contribution >= 0.6 is 11.6 Å². The van der Waals surface area contributed by atoms with Gasteiger partial charge in [0.05, 0.1) is 0 Å². The summed E-state index contributed by atoms with van der Waals surface area (Å²) in [4.78, 5) is 0. The molecule has 18 heavy (non-hydrogen) atoms. The van der Waals surface area contributed by atoms with Crippen molar-refractivity contribution in [3.05, 3.63) is 35.4 Å². The first kappa shape index (κ1) is 13.9. The van der Waals surface area contributed by atoms with E-state index in [1.54, 1.807) is 0 Å². The largest absolute Gasteiger partial charge is 0.123 e. The Morgan fingerprint density at radius 2 is 1.72 bits per heavy atom. The summed E-state index contributed by atoms with van der Waals surface area (Å²) in [5.41, 5.74) is 2.89. The number of benzene rings is 1. The van der Waals surface area contributed by atoms with Crippen LogP contribution in [0.5, 0.6) is 0 Å². The molecule has 3 unspecified atom stereocenters. The van der Waals surface area contributed by atoms with Crippen LogP contribution in [0.4, 0.5) is 0 Å². The number of alkyl halides is 1. The number of rotatable bonds is 4. The maximum Gasteiger partial charge on any atom is 0.0367 e. The SMILES string of the molecule is CCc1ccc(CC2CC(CC)CCC2Cl)cc1. The molecule has 0 radical (unpaired) electrons. The van der Waals surface area contributed by atoms with Crippen molar-refractivity contribution in [3.8, 4) is 0 Å². The Balaban J connectivity index is 1.97. The van der Waals surface area contributed by atoms with E-state index in [2.05, 4.69) is 38.1 Å². The standard InChI is InChI=1S/C17H25Cl/c1-3-13-5-7-15(8-6-13)12-16-11-14(4-2)9-10-17(16)18/h5-8,14,16-17H,3-4,9-12H2,1-2H3. The molecular weight excluding hydrogens is 240 g/mol. The van der Waals surface area contributed by atoms with Crippen molar-refractivity contribution >= 4 is 11.6 Å². The Morgan fingerprint density at radius 3 is 2.33 bits per heavy atom. The van der Waals surface area contributed by atoms with Crippen molar-refractivity contribution in [1.29, 1.82) is 0 Å². The van der Waals surface area contributed by atoms with Gasteiger partial charge in [-0.15, -0.1) is 11.6 Å². The highest BCUT2D eigenvalue weighted by Gasteiger charge is 2.28. The minimum absolute atomic E-state index is 0.388. The Labute approximate surface area is 117 Å². The summed E-state index contributed by atoms with van der Waals surface area (Å²) in [6, 6.07) is 9.10. The summed E-state index contributed by atoms with van der Waals surface area (Å²) in [6.45, 7) is 4.52. The Morgan fingerprint density at radius 1 is 1.06 bits per heavy atom. The second kappa shape index (κ2) is 6.61. The molecule has 0 N–H and O–H groups in total. The van der Waals surface area contributed by atoms with Gasteiger partial charge in [0.2, 0.25) is 0 Å². The molecule has 0 nitrogen and oxygen atoms in total. The summed E-state index contributed by atoms with van der Waals surface area (Å²) in [6.07, 6.45) is 7.46. The zero-order valence-electron chi connectivity index (χ0n) is 11.7. The highest BCUT2D eigenvalue weighted by Crippen LogP contribution is 2.36. The fraction of sp³-hybridized carbons (Fsp3) is 0.647. The normalized spacial score (nSPS) is 28.3. The van der Waals surface area contributed by atoms with E-state index >= 15 is 0 Å². The van der Waals surface area contributed by atoms with Crippen LogP contribution in [0.2, 0.25) is 0 Å². The molecule has 100 valence electrons. The maximum absolute atomic E-state index is 6.51. The fourth-order valence-electron chi connectivity index (χ4n) is 3.12. The molecule has 1 aliphatic rings. The van der Waals surface area contributed by atoms with E-state index in [9.17, 15) is 0 Å². The van der Waals surface area contributed by atoms with E-state index in [-0.39, 0.29) is 0 Å². The first-order valence-corrected chi connectivity index (χ1v) is 7.88. The molecule has 1 saturated carbocycles. The van der Waals surface area contributed by atoms with E-state index in [4.69, 9.17) is 11.6 Å². The molecule has 0 heterocycles. The second-order valence-corrected chi connectivity index (χ2v) is 6.30. The molecule has 1 aliphatic carbocycles. The van der Waals surface area contributed by atoms with Gasteiger partial charge in [-0.3, -0.25) is 0 Å². The highest BCUT2D eigenvalue weighted by atomic mass is 35.5. The van der Waals surface area contributed by atoms with Crippen LogP contribution in [-0.2, 0) is 12.8 Å². The summed E-state index contributed by atoms with van der Waals surface area (Å²) < 4.78 is 0. The zero-order valence-corrected chi connectivity index (χ0v) is 12.4. The van der Waals surface area contributed by atoms with Gasteiger partial charge in [0.1, 0.15) is 0 Å². The second-order valence-electron chi connectivity index (χ2n) is 5.74. The Kier molecular flexibility index (Phi) is 5.12. The van der Waals surface area contributed by atoms with E-state index in [1.807, 2.05) is 0 Å². The maximum atomic E-state index is 6.51. The van der Waals surface area contributed by atoms with E-state index in [1.165, 1.54) is 36.8 Å². The lowest BCUT2D eigenvalue weighted by molar-refractivity contribution is 0.265. The van der Waals surface area contributed by atoms with Gasteiger partial charge in [-0.05, 0) is 55.1 Å². The Bertz CT molecular complexity index is 354. The van der Waals surface area contributed by atoms with Crippen molar-refractivity contribution in [2.24, 2.45) is 11.8 Å². The quantitative estimate of drug-likeness (QED) is 0.654. The molecule has 1 fully saturated rings. The van der Waals surface area contributed by atoms with E-state index in [0.717, 1.165) is 18.8 Å². The van der Waals surface area contributed by atoms with Crippen LogP contribution in [0.25, 0.3) is 0 Å². The third kappa shape index (κ3) is 3.51. The first-order chi connectivity index (χ1) is 8.72. The minimum atomic E-state index is 0.388. The van der Waals surface area contributed by atoms with Gasteiger partial charge in [0, 0.05) is 5.38 Å². The predicted octanol–water partition coefficient (Wildman–Crippen LogP) is 5.23. The van der Waals surface area contributed by atoms with Crippen LogP contribution < -0.4 is 0 Å². The lowest BCUT2D eigenvalue weighted by atomic mass is 9.77. The van der Waals surface area contributed by atoms with Gasteiger partial charge < -0.3 is 0 Å². The van der Waals surface area contributed by atoms with Crippen molar-refractivity contribution in [2.75, 3.05) is 0 Å². The third-order valence-corrected chi connectivity index (χ3v) is 5.08. The molecule has 3 atom stereocenters. The smallest absolute Gasteiger partial charge is 0.0367 e. The number of hydrogen-bond donors (Lipinski definition) is 0. The van der Waals surface area contributed by atoms with Crippen molar-refractivity contribution in [1.82, 2.24) is 0 Å². The zero-order chi connectivity index (χ0) is 13.0. The lowest BCUT2D eigenvalue weighted by Crippen LogP contribution is -2.26. The van der Waals surface area contributed by atoms with Crippen molar-refractivity contribution in [2.45, 2.75) is 57.7 Å². The lowest BCUT2D eigenvalue weighted by Gasteiger charge is -2.32. The highest BCUT2D eigenvalue weighted by molar-refractivity contribution is 6.20. The summed E-state index contributed by atoms with van der Waals surface area (Å²) in [5.74, 6) is 1.58. The molecule has 2 rings (SSSR count). The summed E-state index contributed by atoms with van der Waals surface area (Å²) in [5, 5.41) is 0.388. The van der Waals surface area contributed by atoms with Crippen molar-refractivity contribution < 1.29 is 0 Å². The van der Waals surface area contributed by atoms with E-state index < -0.39 is 0 Å². The van der Waals surface area contributed by atoms with Gasteiger partial charge in [0.15, 0.2) is 0 Å². The number of aryl methyl sites for hydroxylation is 1. The molecule has 0 bridgehead atoms. The van der Waals surface area contributed by atoms with E-state index in [0.29, 0.717) is 11.3 Å². The molecule has 0 spiro atoms. The third-order valence-electron chi connectivity index (χ3n) is 4.50. The molecule has 0 saturated heterocycles. The molecule has 0 amide bonds. The van der Waals surface area contributed by atoms with Gasteiger partial charge in [0.25, 0.3) is 0 Å². The van der Waals surface area contributed by atoms with Crippen molar-refractivity contribution in [3.63, 3.8) is 0 Å². The predicted molar refractivity (Wildman–Crippen MR) is 80.3 cm³/mol. The Hall–Kier alpha value is -0.490. The summed E-state index contributed by atoms with van der Waals surface area (Å²) in [7, 11) is 0. The monoisotopic (exact) mass is 264 g/mol. The van der Waals surface area contributed by atoms with Crippen LogP contribution in [0.3, 0.4) is 0 Å². The molecule has 1 aromatic rings. The van der Waals surface area contributed by atoms with Crippen LogP contribution in [0.15, 0.2) is 24.3 Å². The number of hydrogen-bond acceptors (Lipinski definition) is 0. The fourth-order valence-corrected chi connectivity index (χ4v) is 3.44. The number of halogens is 1. The van der Waals surface area contributed by atoms with Gasteiger partial charge in [-0.25, -0.2) is 0 Å². The van der Waals surface area contributed by atoms with Crippen LogP contribution in [0.1, 0.15) is 50.7 Å². The molecule has 1 heteroatoms. The van der Waals surface area contributed by atoms with Gasteiger partial charge in [-0.1, -0.05) is 44.5 Å². The topological polar surface area (TPSA) is 0 Å². The molecule has 0 aliphatic heterocycles. The van der Waals surface area contributed by atoms with Gasteiger partial charge >= 0.3 is 0 Å². The average Bonchev–Trinajstić information content (AvgIpc) is 2.42. The summed E-state index contributed by atoms with van der Waals surface area (Å²) >= 11 is 6.51.